The van der Waals surface area contributed by atoms with E-state index in [0.717, 1.165) is 0 Å². The quantitative estimate of drug-likeness (QED) is 0.514. The van der Waals surface area contributed by atoms with Crippen molar-refractivity contribution in [2.24, 2.45) is 5.41 Å². The monoisotopic (exact) mass is 278 g/mol. The first kappa shape index (κ1) is 16.8. The van der Waals surface area contributed by atoms with Gasteiger partial charge >= 0.3 is 0 Å². The van der Waals surface area contributed by atoms with E-state index in [0.29, 0.717) is 11.5 Å². The minimum atomic E-state index is -0.782. The van der Waals surface area contributed by atoms with Gasteiger partial charge in [-0.3, -0.25) is 9.59 Å². The number of ketones is 1. The van der Waals surface area contributed by atoms with Crippen molar-refractivity contribution in [1.29, 1.82) is 0 Å². The van der Waals surface area contributed by atoms with E-state index in [1.165, 1.54) is 0 Å². The second-order valence-corrected chi connectivity index (χ2v) is 5.27. The highest BCUT2D eigenvalue weighted by Gasteiger charge is 2.39. The number of carbonyl (C=O) groups excluding carboxylic acids is 2. The van der Waals surface area contributed by atoms with E-state index in [-0.39, 0.29) is 18.1 Å². The lowest BCUT2D eigenvalue weighted by Gasteiger charge is -2.31. The minimum absolute atomic E-state index is 0.0323. The lowest BCUT2D eigenvalue weighted by molar-refractivity contribution is -0.135. The molecule has 0 aromatic rings. The third-order valence-electron chi connectivity index (χ3n) is 3.16. The third-order valence-corrected chi connectivity index (χ3v) is 4.49. The fourth-order valence-corrected chi connectivity index (χ4v) is 1.96. The molecule has 0 saturated carbocycles. The van der Waals surface area contributed by atoms with Crippen molar-refractivity contribution in [3.05, 3.63) is 0 Å². The molecule has 2 N–H and O–H groups in total. The molecule has 0 aliphatic rings. The normalized spacial score (nSPS) is 18.0. The van der Waals surface area contributed by atoms with Gasteiger partial charge in [-0.2, -0.15) is 25.3 Å². The zero-order chi connectivity index (χ0) is 13.7. The summed E-state index contributed by atoms with van der Waals surface area (Å²) < 4.78 is 0. The molecule has 0 radical (unpaired) electrons. The van der Waals surface area contributed by atoms with E-state index in [1.54, 1.807) is 27.9 Å². The second-order valence-electron chi connectivity index (χ2n) is 4.64. The van der Waals surface area contributed by atoms with Crippen LogP contribution in [-0.2, 0) is 9.59 Å². The molecule has 0 rings (SSSR count). The van der Waals surface area contributed by atoms with Gasteiger partial charge in [-0.15, -0.1) is 0 Å². The number of nitrogens with one attached hydrogen (secondary N) is 2. The van der Waals surface area contributed by atoms with Crippen molar-refractivity contribution in [2.45, 2.75) is 25.8 Å². The van der Waals surface area contributed by atoms with E-state index in [4.69, 9.17) is 0 Å². The van der Waals surface area contributed by atoms with Crippen LogP contribution < -0.4 is 10.6 Å². The van der Waals surface area contributed by atoms with Gasteiger partial charge in [-0.25, -0.2) is 0 Å². The summed E-state index contributed by atoms with van der Waals surface area (Å²) in [6.07, 6.45) is 0.147. The Hall–Kier alpha value is -0.200. The van der Waals surface area contributed by atoms with E-state index < -0.39 is 11.0 Å². The maximum absolute atomic E-state index is 12.2. The van der Waals surface area contributed by atoms with Gasteiger partial charge in [0.05, 0.1) is 11.0 Å². The Morgan fingerprint density at radius 1 is 1.12 bits per heavy atom. The number of thiol groups is 2. The SMILES string of the molecule is CNC(=O)[C@@](C)(CS)CC(=O)[C@@](C)(CS)NC. The molecule has 0 saturated heterocycles. The Morgan fingerprint density at radius 2 is 1.65 bits per heavy atom. The largest absolute Gasteiger partial charge is 0.359 e. The number of likely N-dealkylation sites (N-methyl/N-ethyl adjacent to an activating group) is 1. The summed E-state index contributed by atoms with van der Waals surface area (Å²) in [5.74, 6) is 0.511. The molecule has 0 spiro atoms. The van der Waals surface area contributed by atoms with Crippen LogP contribution in [0.1, 0.15) is 20.3 Å². The molecular formula is C11H22N2O2S2. The molecule has 4 nitrogen and oxygen atoms in total. The van der Waals surface area contributed by atoms with Crippen molar-refractivity contribution in [2.75, 3.05) is 25.6 Å². The molecule has 2 atom stereocenters. The second kappa shape index (κ2) is 6.66. The average molecular weight is 278 g/mol. The van der Waals surface area contributed by atoms with Crippen LogP contribution in [0.15, 0.2) is 0 Å². The Balaban J connectivity index is 4.92. The molecule has 0 bridgehead atoms. The standard InChI is InChI=1S/C11H22N2O2S2/c1-10(6-16,9(15)12-3)5-8(14)11(2,7-17)13-4/h13,16-17H,5-7H2,1-4H3,(H,12,15)/t10-,11-/m1/s1. The van der Waals surface area contributed by atoms with Gasteiger partial charge in [-0.1, -0.05) is 0 Å². The summed E-state index contributed by atoms with van der Waals surface area (Å²) in [5.41, 5.74) is -1.49. The molecular weight excluding hydrogens is 256 g/mol. The van der Waals surface area contributed by atoms with Gasteiger partial charge in [-0.05, 0) is 20.9 Å². The summed E-state index contributed by atoms with van der Waals surface area (Å²) in [6.45, 7) is 3.52. The first-order valence-corrected chi connectivity index (χ1v) is 6.72. The van der Waals surface area contributed by atoms with Gasteiger partial charge in [0.25, 0.3) is 0 Å². The van der Waals surface area contributed by atoms with Crippen LogP contribution in [0.4, 0.5) is 0 Å². The van der Waals surface area contributed by atoms with Crippen molar-refractivity contribution in [3.63, 3.8) is 0 Å². The summed E-state index contributed by atoms with van der Waals surface area (Å²) in [4.78, 5) is 23.9. The molecule has 0 aromatic carbocycles. The van der Waals surface area contributed by atoms with Gasteiger partial charge in [0, 0.05) is 25.0 Å². The maximum Gasteiger partial charge on any atom is 0.226 e. The molecule has 0 fully saturated rings. The van der Waals surface area contributed by atoms with Gasteiger partial charge in [0.2, 0.25) is 5.91 Å². The lowest BCUT2D eigenvalue weighted by Crippen LogP contribution is -2.52. The molecule has 0 unspecified atom stereocenters. The summed E-state index contributed by atoms with van der Waals surface area (Å²) in [5, 5.41) is 5.52. The van der Waals surface area contributed by atoms with Crippen LogP contribution >= 0.6 is 25.3 Å². The van der Waals surface area contributed by atoms with Gasteiger partial charge in [0.15, 0.2) is 5.78 Å². The highest BCUT2D eigenvalue weighted by Crippen LogP contribution is 2.26. The number of Topliss-reactive ketones (excluding diaryl/α,β-unsaturated/α-hetero) is 1. The number of amides is 1. The zero-order valence-corrected chi connectivity index (χ0v) is 12.6. The van der Waals surface area contributed by atoms with Crippen molar-refractivity contribution < 1.29 is 9.59 Å². The highest BCUT2D eigenvalue weighted by molar-refractivity contribution is 7.80. The molecule has 0 aromatic heterocycles. The first-order valence-electron chi connectivity index (χ1n) is 5.45. The summed E-state index contributed by atoms with van der Waals surface area (Å²) >= 11 is 8.34. The highest BCUT2D eigenvalue weighted by atomic mass is 32.1. The van der Waals surface area contributed by atoms with E-state index in [2.05, 4.69) is 35.9 Å². The zero-order valence-electron chi connectivity index (χ0n) is 10.8. The molecule has 6 heteroatoms. The van der Waals surface area contributed by atoms with Crippen molar-refractivity contribution >= 4 is 36.9 Å². The van der Waals surface area contributed by atoms with E-state index in [1.807, 2.05) is 0 Å². The number of hydrogen-bond donors (Lipinski definition) is 4. The van der Waals surface area contributed by atoms with Crippen LogP contribution in [-0.4, -0.2) is 42.8 Å². The summed E-state index contributed by atoms with van der Waals surface area (Å²) in [7, 11) is 3.27. The predicted octanol–water partition coefficient (Wildman–Crippen LogP) is 0.536. The van der Waals surface area contributed by atoms with Gasteiger partial charge in [0.1, 0.15) is 0 Å². The molecule has 17 heavy (non-hydrogen) atoms. The third kappa shape index (κ3) is 3.89. The predicted molar refractivity (Wildman–Crippen MR) is 77.0 cm³/mol. The lowest BCUT2D eigenvalue weighted by atomic mass is 9.81. The van der Waals surface area contributed by atoms with Crippen LogP contribution in [0.3, 0.4) is 0 Å². The van der Waals surface area contributed by atoms with Crippen molar-refractivity contribution in [3.8, 4) is 0 Å². The van der Waals surface area contributed by atoms with Crippen LogP contribution in [0, 0.1) is 5.41 Å². The van der Waals surface area contributed by atoms with Crippen LogP contribution in [0.2, 0.25) is 0 Å². The topological polar surface area (TPSA) is 58.2 Å². The molecule has 100 valence electrons. The van der Waals surface area contributed by atoms with E-state index in [9.17, 15) is 9.59 Å². The molecule has 0 heterocycles. The van der Waals surface area contributed by atoms with Crippen molar-refractivity contribution in [1.82, 2.24) is 10.6 Å². The van der Waals surface area contributed by atoms with Crippen LogP contribution in [0.25, 0.3) is 0 Å². The van der Waals surface area contributed by atoms with E-state index >= 15 is 0 Å². The Bertz CT molecular complexity index is 293. The maximum atomic E-state index is 12.2. The smallest absolute Gasteiger partial charge is 0.226 e. The molecule has 0 aliphatic heterocycles. The number of hydrogen-bond acceptors (Lipinski definition) is 5. The fourth-order valence-electron chi connectivity index (χ4n) is 1.37. The Labute approximate surface area is 114 Å². The Kier molecular flexibility index (Phi) is 6.58. The molecule has 1 amide bonds. The summed E-state index contributed by atoms with van der Waals surface area (Å²) in [6, 6.07) is 0. The molecule has 0 aliphatic carbocycles. The number of rotatable bonds is 7. The first-order chi connectivity index (χ1) is 7.79. The van der Waals surface area contributed by atoms with Gasteiger partial charge < -0.3 is 10.6 Å². The number of carbonyl (C=O) groups is 2. The van der Waals surface area contributed by atoms with Crippen LogP contribution in [0.5, 0.6) is 0 Å². The average Bonchev–Trinajstić information content (AvgIpc) is 2.36. The fraction of sp³-hybridized carbons (Fsp3) is 0.818. The minimum Gasteiger partial charge on any atom is -0.359 e. The Morgan fingerprint density at radius 3 is 1.94 bits per heavy atom.